The molecule has 2 aromatic heterocycles. The molecule has 0 fully saturated rings. The van der Waals surface area contributed by atoms with Crippen LogP contribution in [0.2, 0.25) is 0 Å². The number of non-ortho nitro benzene ring substituents is 1. The normalized spacial score (nSPS) is 11.5. The van der Waals surface area contributed by atoms with E-state index in [1.165, 1.54) is 25.5 Å². The number of nitro groups is 1. The van der Waals surface area contributed by atoms with Crippen molar-refractivity contribution in [1.82, 2.24) is 9.97 Å². The lowest BCUT2D eigenvalue weighted by Gasteiger charge is -2.12. The van der Waals surface area contributed by atoms with E-state index in [0.717, 1.165) is 16.9 Å². The van der Waals surface area contributed by atoms with Crippen LogP contribution in [0.25, 0.3) is 22.6 Å². The Hall–Kier alpha value is -4.38. The average molecular weight is 464 g/mol. The van der Waals surface area contributed by atoms with E-state index < -0.39 is 22.9 Å². The molecule has 2 aromatic carbocycles. The quantitative estimate of drug-likeness (QED) is 0.239. The van der Waals surface area contributed by atoms with Crippen molar-refractivity contribution in [2.75, 3.05) is 5.32 Å². The molecule has 166 valence electrons. The minimum absolute atomic E-state index is 0.0551. The second-order valence-electron chi connectivity index (χ2n) is 6.83. The first-order valence-corrected chi connectivity index (χ1v) is 10.5. The molecule has 11 heteroatoms. The molecule has 1 N–H and O–H groups in total. The summed E-state index contributed by atoms with van der Waals surface area (Å²) >= 11 is 1.15. The van der Waals surface area contributed by atoms with E-state index in [0.29, 0.717) is 17.0 Å². The van der Waals surface area contributed by atoms with Crippen molar-refractivity contribution in [2.24, 2.45) is 0 Å². The molecule has 4 aromatic rings. The van der Waals surface area contributed by atoms with Crippen molar-refractivity contribution >= 4 is 34.0 Å². The number of esters is 1. The summed E-state index contributed by atoms with van der Waals surface area (Å²) in [5.74, 6) is -0.643. The number of benzene rings is 2. The maximum atomic E-state index is 12.4. The molecule has 10 nitrogen and oxygen atoms in total. The number of nitro benzene ring substituents is 1. The van der Waals surface area contributed by atoms with E-state index in [1.54, 1.807) is 48.0 Å². The lowest BCUT2D eigenvalue weighted by Crippen LogP contribution is -2.29. The predicted molar refractivity (Wildman–Crippen MR) is 120 cm³/mol. The summed E-state index contributed by atoms with van der Waals surface area (Å²) in [4.78, 5) is 43.4. The smallest absolute Gasteiger partial charge is 0.338 e. The van der Waals surface area contributed by atoms with E-state index in [4.69, 9.17) is 9.15 Å². The second kappa shape index (κ2) is 9.40. The van der Waals surface area contributed by atoms with Crippen molar-refractivity contribution in [2.45, 2.75) is 13.0 Å². The first-order chi connectivity index (χ1) is 15.9. The van der Waals surface area contributed by atoms with Crippen LogP contribution in [0.5, 0.6) is 0 Å². The number of hydrogen-bond acceptors (Lipinski definition) is 9. The summed E-state index contributed by atoms with van der Waals surface area (Å²) in [7, 11) is 0. The fourth-order valence-electron chi connectivity index (χ4n) is 2.86. The Morgan fingerprint density at radius 1 is 1.18 bits per heavy atom. The van der Waals surface area contributed by atoms with Crippen LogP contribution in [0.1, 0.15) is 17.3 Å². The van der Waals surface area contributed by atoms with Crippen LogP contribution in [0, 0.1) is 10.1 Å². The second-order valence-corrected chi connectivity index (χ2v) is 7.68. The van der Waals surface area contributed by atoms with Crippen LogP contribution >= 0.6 is 11.3 Å². The highest BCUT2D eigenvalue weighted by Crippen LogP contribution is 2.27. The fraction of sp³-hybridized carbons (Fsp3) is 0.0909. The summed E-state index contributed by atoms with van der Waals surface area (Å²) in [6.07, 6.45) is 1.80. The van der Waals surface area contributed by atoms with Gasteiger partial charge in [0.25, 0.3) is 11.6 Å². The number of amides is 1. The number of anilines is 1. The van der Waals surface area contributed by atoms with E-state index in [9.17, 15) is 19.7 Å². The third-order valence-electron chi connectivity index (χ3n) is 4.58. The van der Waals surface area contributed by atoms with Crippen molar-refractivity contribution in [1.29, 1.82) is 0 Å². The minimum Gasteiger partial charge on any atom is -0.449 e. The van der Waals surface area contributed by atoms with Gasteiger partial charge >= 0.3 is 5.97 Å². The largest absolute Gasteiger partial charge is 0.449 e. The standard InChI is InChI=1S/C22H16N4O6S/c1-13(32-21(28)15-7-5-14(6-8-15)19-10-23-12-31-19)20(27)25-22-24-18(11-33-22)16-3-2-4-17(9-16)26(29)30/h2-13H,1H3,(H,24,25,27). The highest BCUT2D eigenvalue weighted by molar-refractivity contribution is 7.14. The molecule has 0 spiro atoms. The Bertz CT molecular complexity index is 1300. The molecular weight excluding hydrogens is 448 g/mol. The first-order valence-electron chi connectivity index (χ1n) is 9.62. The molecule has 1 unspecified atom stereocenters. The van der Waals surface area contributed by atoms with Crippen LogP contribution in [0.4, 0.5) is 10.8 Å². The molecule has 0 saturated carbocycles. The molecular formula is C22H16N4O6S. The van der Waals surface area contributed by atoms with Crippen LogP contribution in [0.15, 0.2) is 70.9 Å². The molecule has 1 atom stereocenters. The van der Waals surface area contributed by atoms with Gasteiger partial charge in [-0.15, -0.1) is 11.3 Å². The van der Waals surface area contributed by atoms with Gasteiger partial charge in [-0.1, -0.05) is 24.3 Å². The van der Waals surface area contributed by atoms with Gasteiger partial charge in [-0.05, 0) is 19.1 Å². The zero-order valence-electron chi connectivity index (χ0n) is 17.1. The van der Waals surface area contributed by atoms with E-state index in [2.05, 4.69) is 15.3 Å². The van der Waals surface area contributed by atoms with Gasteiger partial charge in [0, 0.05) is 28.6 Å². The van der Waals surface area contributed by atoms with E-state index >= 15 is 0 Å². The number of ether oxygens (including phenoxy) is 1. The number of hydrogen-bond donors (Lipinski definition) is 1. The Labute approximate surface area is 191 Å². The van der Waals surface area contributed by atoms with Gasteiger partial charge in [-0.2, -0.15) is 0 Å². The summed E-state index contributed by atoms with van der Waals surface area (Å²) in [5, 5.41) is 15.5. The van der Waals surface area contributed by atoms with Gasteiger partial charge in [-0.3, -0.25) is 20.2 Å². The highest BCUT2D eigenvalue weighted by Gasteiger charge is 2.20. The maximum absolute atomic E-state index is 12.4. The van der Waals surface area contributed by atoms with Crippen molar-refractivity contribution < 1.29 is 23.7 Å². The van der Waals surface area contributed by atoms with Crippen LogP contribution in [0.3, 0.4) is 0 Å². The summed E-state index contributed by atoms with van der Waals surface area (Å²) < 4.78 is 10.5. The van der Waals surface area contributed by atoms with Crippen LogP contribution in [-0.4, -0.2) is 32.9 Å². The number of carbonyl (C=O) groups is 2. The fourth-order valence-corrected chi connectivity index (χ4v) is 3.58. The SMILES string of the molecule is CC(OC(=O)c1ccc(-c2cnco2)cc1)C(=O)Nc1nc(-c2cccc([N+](=O)[O-])c2)cs1. The Kier molecular flexibility index (Phi) is 6.22. The molecule has 4 rings (SSSR count). The van der Waals surface area contributed by atoms with Crippen molar-refractivity contribution in [3.8, 4) is 22.6 Å². The molecule has 0 radical (unpaired) electrons. The monoisotopic (exact) mass is 464 g/mol. The van der Waals surface area contributed by atoms with Crippen LogP contribution in [-0.2, 0) is 9.53 Å². The lowest BCUT2D eigenvalue weighted by molar-refractivity contribution is -0.384. The summed E-state index contributed by atoms with van der Waals surface area (Å²) in [5.41, 5.74) is 2.00. The van der Waals surface area contributed by atoms with E-state index in [1.807, 2.05) is 0 Å². The molecule has 0 aliphatic rings. The van der Waals surface area contributed by atoms with Gasteiger partial charge < -0.3 is 9.15 Å². The summed E-state index contributed by atoms with van der Waals surface area (Å²) in [6, 6.07) is 12.5. The zero-order chi connectivity index (χ0) is 23.4. The van der Waals surface area contributed by atoms with Gasteiger partial charge in [0.05, 0.1) is 22.4 Å². The highest BCUT2D eigenvalue weighted by atomic mass is 32.1. The number of aromatic nitrogens is 2. The van der Waals surface area contributed by atoms with Crippen molar-refractivity contribution in [3.05, 3.63) is 82.2 Å². The topological polar surface area (TPSA) is 137 Å². The molecule has 33 heavy (non-hydrogen) atoms. The van der Waals surface area contributed by atoms with Gasteiger partial charge in [0.2, 0.25) is 0 Å². The maximum Gasteiger partial charge on any atom is 0.338 e. The number of oxazole rings is 1. The Morgan fingerprint density at radius 2 is 1.97 bits per heavy atom. The number of nitrogens with one attached hydrogen (secondary N) is 1. The number of thiazole rings is 1. The van der Waals surface area contributed by atoms with Crippen molar-refractivity contribution in [3.63, 3.8) is 0 Å². The number of carbonyl (C=O) groups excluding carboxylic acids is 2. The Balaban J connectivity index is 1.36. The predicted octanol–water partition coefficient (Wildman–Crippen LogP) is 4.56. The molecule has 0 saturated heterocycles. The van der Waals surface area contributed by atoms with Crippen LogP contribution < -0.4 is 5.32 Å². The molecule has 2 heterocycles. The van der Waals surface area contributed by atoms with Gasteiger partial charge in [-0.25, -0.2) is 14.8 Å². The van der Waals surface area contributed by atoms with Gasteiger partial charge in [0.15, 0.2) is 23.4 Å². The third-order valence-corrected chi connectivity index (χ3v) is 5.34. The molecule has 0 aliphatic carbocycles. The lowest BCUT2D eigenvalue weighted by atomic mass is 10.1. The number of nitrogens with zero attached hydrogens (tertiary/aromatic N) is 3. The molecule has 0 bridgehead atoms. The first kappa shape index (κ1) is 21.8. The minimum atomic E-state index is -1.07. The molecule has 0 aliphatic heterocycles. The Morgan fingerprint density at radius 3 is 2.67 bits per heavy atom. The van der Waals surface area contributed by atoms with Gasteiger partial charge in [0.1, 0.15) is 0 Å². The molecule has 1 amide bonds. The van der Waals surface area contributed by atoms with E-state index in [-0.39, 0.29) is 16.4 Å². The summed E-state index contributed by atoms with van der Waals surface area (Å²) in [6.45, 7) is 1.45. The average Bonchev–Trinajstić information content (AvgIpc) is 3.52. The third kappa shape index (κ3) is 5.10. The zero-order valence-corrected chi connectivity index (χ0v) is 17.9. The number of rotatable bonds is 7.